The normalized spacial score (nSPS) is 10.2. The van der Waals surface area contributed by atoms with Gasteiger partial charge in [-0.3, -0.25) is 0 Å². The minimum absolute atomic E-state index is 0.219. The van der Waals surface area contributed by atoms with Gasteiger partial charge in [-0.05, 0) is 23.8 Å². The van der Waals surface area contributed by atoms with Gasteiger partial charge in [-0.25, -0.2) is 14.8 Å². The van der Waals surface area contributed by atoms with Crippen molar-refractivity contribution in [3.63, 3.8) is 0 Å². The highest BCUT2D eigenvalue weighted by atomic mass is 16.4. The summed E-state index contributed by atoms with van der Waals surface area (Å²) in [5.41, 5.74) is 2.03. The molecule has 24 heavy (non-hydrogen) atoms. The van der Waals surface area contributed by atoms with Crippen LogP contribution in [0, 0.1) is 0 Å². The molecule has 0 saturated heterocycles. The Morgan fingerprint density at radius 3 is 2.54 bits per heavy atom. The number of rotatable bonds is 6. The Hall–Kier alpha value is -3.41. The van der Waals surface area contributed by atoms with E-state index in [4.69, 9.17) is 5.11 Å². The Labute approximate surface area is 139 Å². The van der Waals surface area contributed by atoms with Gasteiger partial charge >= 0.3 is 5.97 Å². The first-order chi connectivity index (χ1) is 11.7. The molecule has 6 heteroatoms. The number of nitrogens with one attached hydrogen (secondary N) is 2. The fraction of sp³-hybridized carbons (Fsp3) is 0.0556. The van der Waals surface area contributed by atoms with Gasteiger partial charge in [-0.1, -0.05) is 36.4 Å². The lowest BCUT2D eigenvalue weighted by Crippen LogP contribution is -2.03. The number of anilines is 3. The Balaban J connectivity index is 1.69. The van der Waals surface area contributed by atoms with E-state index in [0.717, 1.165) is 5.56 Å². The van der Waals surface area contributed by atoms with E-state index in [-0.39, 0.29) is 5.56 Å². The van der Waals surface area contributed by atoms with Crippen molar-refractivity contribution in [3.8, 4) is 0 Å². The quantitative estimate of drug-likeness (QED) is 0.644. The first-order valence-corrected chi connectivity index (χ1v) is 7.41. The summed E-state index contributed by atoms with van der Waals surface area (Å²) in [6.07, 6.45) is 1.46. The number of hydrogen-bond donors (Lipinski definition) is 3. The van der Waals surface area contributed by atoms with Crippen LogP contribution in [0.25, 0.3) is 0 Å². The van der Waals surface area contributed by atoms with E-state index in [1.165, 1.54) is 6.33 Å². The molecule has 3 rings (SSSR count). The van der Waals surface area contributed by atoms with Crippen LogP contribution in [0.1, 0.15) is 15.9 Å². The molecule has 0 unspecified atom stereocenters. The van der Waals surface area contributed by atoms with Crippen LogP contribution in [0.5, 0.6) is 0 Å². The first-order valence-electron chi connectivity index (χ1n) is 7.41. The molecule has 120 valence electrons. The molecule has 0 bridgehead atoms. The molecular formula is C18H16N4O2. The molecule has 0 aliphatic heterocycles. The van der Waals surface area contributed by atoms with E-state index < -0.39 is 5.97 Å². The molecule has 3 aromatic rings. The van der Waals surface area contributed by atoms with Crippen LogP contribution in [-0.4, -0.2) is 21.0 Å². The monoisotopic (exact) mass is 320 g/mol. The van der Waals surface area contributed by atoms with Crippen molar-refractivity contribution >= 4 is 23.3 Å². The number of nitrogens with zero attached hydrogens (tertiary/aromatic N) is 2. The second-order valence-electron chi connectivity index (χ2n) is 5.14. The molecule has 0 saturated carbocycles. The van der Waals surface area contributed by atoms with E-state index in [1.807, 2.05) is 30.3 Å². The SMILES string of the molecule is O=C(O)c1cccc(Nc2cc(NCc3ccccc3)ncn2)c1. The molecule has 0 aliphatic rings. The average molecular weight is 320 g/mol. The number of aromatic carboxylic acids is 1. The van der Waals surface area contributed by atoms with Gasteiger partial charge in [0, 0.05) is 18.3 Å². The van der Waals surface area contributed by atoms with Gasteiger partial charge in [-0.2, -0.15) is 0 Å². The molecule has 1 heterocycles. The standard InChI is InChI=1S/C18H16N4O2/c23-18(24)14-7-4-8-15(9-14)22-17-10-16(20-12-21-17)19-11-13-5-2-1-3-6-13/h1-10,12H,11H2,(H,23,24)(H2,19,20,21,22). The van der Waals surface area contributed by atoms with Crippen LogP contribution < -0.4 is 10.6 Å². The second kappa shape index (κ2) is 7.23. The van der Waals surface area contributed by atoms with E-state index in [9.17, 15) is 4.79 Å². The number of carbonyl (C=O) groups is 1. The largest absolute Gasteiger partial charge is 0.478 e. The summed E-state index contributed by atoms with van der Waals surface area (Å²) in [6, 6.07) is 18.3. The fourth-order valence-corrected chi connectivity index (χ4v) is 2.19. The highest BCUT2D eigenvalue weighted by Gasteiger charge is 2.04. The van der Waals surface area contributed by atoms with Gasteiger partial charge in [0.05, 0.1) is 5.56 Å². The van der Waals surface area contributed by atoms with Crippen molar-refractivity contribution in [2.24, 2.45) is 0 Å². The van der Waals surface area contributed by atoms with Crippen LogP contribution in [0.15, 0.2) is 67.0 Å². The zero-order valence-corrected chi connectivity index (χ0v) is 12.8. The van der Waals surface area contributed by atoms with Crippen molar-refractivity contribution < 1.29 is 9.90 Å². The molecule has 6 nitrogen and oxygen atoms in total. The summed E-state index contributed by atoms with van der Waals surface area (Å²) < 4.78 is 0. The average Bonchev–Trinajstić information content (AvgIpc) is 2.61. The summed E-state index contributed by atoms with van der Waals surface area (Å²) >= 11 is 0. The molecule has 0 amide bonds. The minimum Gasteiger partial charge on any atom is -0.478 e. The van der Waals surface area contributed by atoms with Gasteiger partial charge in [-0.15, -0.1) is 0 Å². The highest BCUT2D eigenvalue weighted by molar-refractivity contribution is 5.89. The van der Waals surface area contributed by atoms with Crippen molar-refractivity contribution in [2.75, 3.05) is 10.6 Å². The highest BCUT2D eigenvalue weighted by Crippen LogP contribution is 2.18. The number of carboxylic acid groups (broad SMARTS) is 1. The summed E-state index contributed by atoms with van der Waals surface area (Å²) in [6.45, 7) is 0.659. The van der Waals surface area contributed by atoms with Crippen LogP contribution in [0.3, 0.4) is 0 Å². The Kier molecular flexibility index (Phi) is 4.67. The van der Waals surface area contributed by atoms with Crippen LogP contribution in [0.2, 0.25) is 0 Å². The van der Waals surface area contributed by atoms with Gasteiger partial charge in [0.1, 0.15) is 18.0 Å². The maximum absolute atomic E-state index is 11.0. The summed E-state index contributed by atoms with van der Waals surface area (Å²) in [7, 11) is 0. The minimum atomic E-state index is -0.966. The van der Waals surface area contributed by atoms with Crippen molar-refractivity contribution in [1.29, 1.82) is 0 Å². The molecule has 0 atom stereocenters. The van der Waals surface area contributed by atoms with Gasteiger partial charge < -0.3 is 15.7 Å². The van der Waals surface area contributed by atoms with Crippen LogP contribution >= 0.6 is 0 Å². The predicted molar refractivity (Wildman–Crippen MR) is 92.5 cm³/mol. The van der Waals surface area contributed by atoms with Gasteiger partial charge in [0.2, 0.25) is 0 Å². The summed E-state index contributed by atoms with van der Waals surface area (Å²) in [4.78, 5) is 19.4. The Morgan fingerprint density at radius 1 is 0.958 bits per heavy atom. The Bertz CT molecular complexity index is 837. The maximum atomic E-state index is 11.0. The van der Waals surface area contributed by atoms with Crippen LogP contribution in [-0.2, 0) is 6.54 Å². The zero-order valence-electron chi connectivity index (χ0n) is 12.8. The van der Waals surface area contributed by atoms with Gasteiger partial charge in [0.15, 0.2) is 0 Å². The van der Waals surface area contributed by atoms with E-state index in [0.29, 0.717) is 23.9 Å². The number of aromatic nitrogens is 2. The lowest BCUT2D eigenvalue weighted by atomic mass is 10.2. The van der Waals surface area contributed by atoms with E-state index in [1.54, 1.807) is 30.3 Å². The molecule has 3 N–H and O–H groups in total. The van der Waals surface area contributed by atoms with E-state index >= 15 is 0 Å². The van der Waals surface area contributed by atoms with Crippen molar-refractivity contribution in [1.82, 2.24) is 9.97 Å². The predicted octanol–water partition coefficient (Wildman–Crippen LogP) is 3.53. The Morgan fingerprint density at radius 2 is 1.75 bits per heavy atom. The van der Waals surface area contributed by atoms with Crippen molar-refractivity contribution in [3.05, 3.63) is 78.1 Å². The second-order valence-corrected chi connectivity index (χ2v) is 5.14. The third-order valence-electron chi connectivity index (χ3n) is 3.37. The molecule has 0 radical (unpaired) electrons. The summed E-state index contributed by atoms with van der Waals surface area (Å²) in [5, 5.41) is 15.3. The fourth-order valence-electron chi connectivity index (χ4n) is 2.19. The molecule has 1 aromatic heterocycles. The van der Waals surface area contributed by atoms with Gasteiger partial charge in [0.25, 0.3) is 0 Å². The number of hydrogen-bond acceptors (Lipinski definition) is 5. The lowest BCUT2D eigenvalue weighted by Gasteiger charge is -2.09. The number of benzene rings is 2. The lowest BCUT2D eigenvalue weighted by molar-refractivity contribution is 0.0697. The third-order valence-corrected chi connectivity index (χ3v) is 3.37. The molecule has 0 aliphatic carbocycles. The maximum Gasteiger partial charge on any atom is 0.335 e. The van der Waals surface area contributed by atoms with Crippen molar-refractivity contribution in [2.45, 2.75) is 6.54 Å². The molecule has 0 fully saturated rings. The molecular weight excluding hydrogens is 304 g/mol. The first kappa shape index (κ1) is 15.5. The topological polar surface area (TPSA) is 87.1 Å². The molecule has 0 spiro atoms. The summed E-state index contributed by atoms with van der Waals surface area (Å²) in [5.74, 6) is 0.306. The number of carboxylic acids is 1. The van der Waals surface area contributed by atoms with E-state index in [2.05, 4.69) is 20.6 Å². The third kappa shape index (κ3) is 4.07. The zero-order chi connectivity index (χ0) is 16.8. The van der Waals surface area contributed by atoms with Crippen LogP contribution in [0.4, 0.5) is 17.3 Å². The smallest absolute Gasteiger partial charge is 0.335 e. The molecule has 2 aromatic carbocycles.